The molecule has 0 N–H and O–H groups in total. The van der Waals surface area contributed by atoms with Crippen molar-refractivity contribution in [2.24, 2.45) is 0 Å². The normalized spacial score (nSPS) is 12.5. The Morgan fingerprint density at radius 3 is 1.47 bits per heavy atom. The molecule has 0 spiro atoms. The average Bonchev–Trinajstić information content (AvgIpc) is 4.00. The summed E-state index contributed by atoms with van der Waals surface area (Å²) in [5.41, 5.74) is 21.7. The molecular weight excluding hydrogens is 883 g/mol. The molecule has 0 atom stereocenters. The van der Waals surface area contributed by atoms with Crippen LogP contribution in [-0.4, -0.2) is 0 Å². The van der Waals surface area contributed by atoms with Gasteiger partial charge in [0.2, 0.25) is 0 Å². The number of anilines is 3. The number of hydrogen-bond acceptors (Lipinski definition) is 2. The van der Waals surface area contributed by atoms with Crippen molar-refractivity contribution in [3.05, 3.63) is 307 Å². The van der Waals surface area contributed by atoms with Gasteiger partial charge in [-0.05, 0) is 149 Å². The van der Waals surface area contributed by atoms with E-state index in [1.54, 1.807) is 0 Å². The van der Waals surface area contributed by atoms with E-state index in [4.69, 9.17) is 4.42 Å². The highest BCUT2D eigenvalue weighted by Crippen LogP contribution is 2.57. The van der Waals surface area contributed by atoms with E-state index in [0.717, 1.165) is 61.3 Å². The highest BCUT2D eigenvalue weighted by Gasteiger charge is 2.46. The van der Waals surface area contributed by atoms with Crippen molar-refractivity contribution in [1.82, 2.24) is 0 Å². The molecule has 0 amide bonds. The molecule has 1 aromatic heterocycles. The van der Waals surface area contributed by atoms with E-state index >= 15 is 0 Å². The first-order valence-electron chi connectivity index (χ1n) is 25.1. The third kappa shape index (κ3) is 7.02. The van der Waals surface area contributed by atoms with Crippen molar-refractivity contribution in [2.45, 2.75) is 5.41 Å². The Morgan fingerprint density at radius 2 is 0.753 bits per heavy atom. The van der Waals surface area contributed by atoms with Gasteiger partial charge in [-0.25, -0.2) is 0 Å². The first-order valence-corrected chi connectivity index (χ1v) is 25.1. The van der Waals surface area contributed by atoms with Crippen molar-refractivity contribution >= 4 is 49.8 Å². The largest absolute Gasteiger partial charge is 0.456 e. The molecule has 0 unspecified atom stereocenters. The van der Waals surface area contributed by atoms with E-state index in [-0.39, 0.29) is 0 Å². The van der Waals surface area contributed by atoms with Crippen LogP contribution in [-0.2, 0) is 5.41 Å². The minimum Gasteiger partial charge on any atom is -0.456 e. The van der Waals surface area contributed by atoms with Gasteiger partial charge in [0.25, 0.3) is 0 Å². The zero-order valence-corrected chi connectivity index (χ0v) is 40.0. The first-order chi connectivity index (χ1) is 36.2. The molecule has 0 fully saturated rings. The second kappa shape index (κ2) is 17.4. The minimum absolute atomic E-state index is 0.465. The fourth-order valence-corrected chi connectivity index (χ4v) is 11.8. The summed E-state index contributed by atoms with van der Waals surface area (Å²) in [5.74, 6) is 0. The van der Waals surface area contributed by atoms with Gasteiger partial charge in [-0.3, -0.25) is 0 Å². The molecule has 0 aliphatic heterocycles. The van der Waals surface area contributed by atoms with Gasteiger partial charge in [0.05, 0.1) is 5.41 Å². The van der Waals surface area contributed by atoms with E-state index in [2.05, 4.69) is 278 Å². The molecule has 0 saturated heterocycles. The van der Waals surface area contributed by atoms with E-state index in [9.17, 15) is 0 Å². The molecule has 1 aliphatic rings. The van der Waals surface area contributed by atoms with Crippen LogP contribution in [0.3, 0.4) is 0 Å². The summed E-state index contributed by atoms with van der Waals surface area (Å²) in [6, 6.07) is 104. The molecule has 1 heterocycles. The van der Waals surface area contributed by atoms with Gasteiger partial charge in [-0.15, -0.1) is 0 Å². The minimum atomic E-state index is -0.465. The van der Waals surface area contributed by atoms with Crippen molar-refractivity contribution in [2.75, 3.05) is 4.90 Å². The second-order valence-corrected chi connectivity index (χ2v) is 19.1. The lowest BCUT2D eigenvalue weighted by Gasteiger charge is -2.34. The zero-order valence-electron chi connectivity index (χ0n) is 40.0. The summed E-state index contributed by atoms with van der Waals surface area (Å²) in [4.78, 5) is 2.37. The summed E-state index contributed by atoms with van der Waals surface area (Å²) >= 11 is 0. The maximum Gasteiger partial charge on any atom is 0.136 e. The Hall–Kier alpha value is -9.50. The Morgan fingerprint density at radius 1 is 0.274 bits per heavy atom. The number of rotatable bonds is 9. The van der Waals surface area contributed by atoms with Crippen LogP contribution in [0, 0.1) is 0 Å². The molecule has 2 heteroatoms. The number of para-hydroxylation sites is 1. The Labute approximate surface area is 425 Å². The van der Waals surface area contributed by atoms with Gasteiger partial charge >= 0.3 is 0 Å². The number of fused-ring (bicyclic) bond motifs is 7. The summed E-state index contributed by atoms with van der Waals surface area (Å²) in [7, 11) is 0. The predicted octanol–water partition coefficient (Wildman–Crippen LogP) is 19.2. The van der Waals surface area contributed by atoms with Crippen LogP contribution in [0.5, 0.6) is 0 Å². The maximum absolute atomic E-state index is 6.30. The quantitative estimate of drug-likeness (QED) is 0.143. The molecule has 2 nitrogen and oxygen atoms in total. The van der Waals surface area contributed by atoms with Crippen molar-refractivity contribution < 1.29 is 4.42 Å². The topological polar surface area (TPSA) is 16.4 Å². The van der Waals surface area contributed by atoms with Crippen molar-refractivity contribution in [3.8, 4) is 55.6 Å². The van der Waals surface area contributed by atoms with Crippen LogP contribution in [0.2, 0.25) is 0 Å². The number of benzene rings is 12. The molecular formula is C71H47NO. The summed E-state index contributed by atoms with van der Waals surface area (Å²) in [6.07, 6.45) is 0. The molecule has 0 saturated carbocycles. The second-order valence-electron chi connectivity index (χ2n) is 19.1. The molecule has 13 aromatic rings. The van der Waals surface area contributed by atoms with Gasteiger partial charge in [0, 0.05) is 27.8 Å². The molecule has 73 heavy (non-hydrogen) atoms. The Kier molecular flexibility index (Phi) is 10.1. The first kappa shape index (κ1) is 42.4. The lowest BCUT2D eigenvalue weighted by molar-refractivity contribution is 0.669. The molecule has 0 radical (unpaired) electrons. The highest BCUT2D eigenvalue weighted by atomic mass is 16.3. The molecule has 12 aromatic carbocycles. The molecule has 0 bridgehead atoms. The SMILES string of the molecule is c1ccc(C2(c3ccccc3)c3ccccc3-c3ccc(-c4ccc(N(c5ccc(-c6cccc(-c7cccc8ccccc78)c6)cc5)c5ccc(-c6cccc7oc8ccccc8c67)cc5)cc4)cc32)cc1. The van der Waals surface area contributed by atoms with E-state index in [1.807, 2.05) is 12.1 Å². The fraction of sp³-hybridized carbons (Fsp3) is 0.0141. The highest BCUT2D eigenvalue weighted by molar-refractivity contribution is 6.12. The standard InChI is InChI=1S/C71H47NO/c1-3-20-55(21-4-1)71(56-22-5-2-6-23-56)66-29-11-9-25-63(66)64-45-38-53(47-67(64)71)49-34-41-58(42-35-49)72(59-43-36-51(37-44-59)62-28-15-31-69-70(62)65-26-10-12-30-68(65)73-69)57-39-32-48(33-40-57)52-18-13-19-54(46-52)61-27-14-17-50-16-7-8-24-60(50)61/h1-47H. The lowest BCUT2D eigenvalue weighted by Crippen LogP contribution is -2.28. The zero-order chi connectivity index (χ0) is 48.3. The summed E-state index contributed by atoms with van der Waals surface area (Å²) < 4.78 is 6.30. The van der Waals surface area contributed by atoms with Gasteiger partial charge in [-0.2, -0.15) is 0 Å². The van der Waals surface area contributed by atoms with Crippen LogP contribution in [0.1, 0.15) is 22.3 Å². The van der Waals surface area contributed by atoms with Gasteiger partial charge in [-0.1, -0.05) is 224 Å². The van der Waals surface area contributed by atoms with Crippen LogP contribution < -0.4 is 4.90 Å². The van der Waals surface area contributed by atoms with Crippen LogP contribution in [0.25, 0.3) is 88.3 Å². The fourth-order valence-electron chi connectivity index (χ4n) is 11.8. The summed E-state index contributed by atoms with van der Waals surface area (Å²) in [5, 5.41) is 4.77. The maximum atomic E-state index is 6.30. The van der Waals surface area contributed by atoms with E-state index < -0.39 is 5.41 Å². The van der Waals surface area contributed by atoms with Crippen LogP contribution in [0.15, 0.2) is 290 Å². The molecule has 14 rings (SSSR count). The van der Waals surface area contributed by atoms with Crippen molar-refractivity contribution in [3.63, 3.8) is 0 Å². The smallest absolute Gasteiger partial charge is 0.136 e. The van der Waals surface area contributed by atoms with E-state index in [0.29, 0.717) is 0 Å². The number of nitrogens with zero attached hydrogens (tertiary/aromatic N) is 1. The van der Waals surface area contributed by atoms with Crippen LogP contribution >= 0.6 is 0 Å². The number of furan rings is 1. The summed E-state index contributed by atoms with van der Waals surface area (Å²) in [6.45, 7) is 0. The number of hydrogen-bond donors (Lipinski definition) is 0. The molecule has 342 valence electrons. The molecule has 1 aliphatic carbocycles. The van der Waals surface area contributed by atoms with Gasteiger partial charge in [0.1, 0.15) is 11.2 Å². The predicted molar refractivity (Wildman–Crippen MR) is 305 cm³/mol. The lowest BCUT2D eigenvalue weighted by atomic mass is 9.67. The Balaban J connectivity index is 0.861. The van der Waals surface area contributed by atoms with E-state index in [1.165, 1.54) is 66.4 Å². The monoisotopic (exact) mass is 929 g/mol. The Bertz CT molecular complexity index is 4130. The third-order valence-corrected chi connectivity index (χ3v) is 15.2. The third-order valence-electron chi connectivity index (χ3n) is 15.2. The van der Waals surface area contributed by atoms with Gasteiger partial charge in [0.15, 0.2) is 0 Å². The average molecular weight is 930 g/mol. The van der Waals surface area contributed by atoms with Gasteiger partial charge < -0.3 is 9.32 Å². The van der Waals surface area contributed by atoms with Crippen LogP contribution in [0.4, 0.5) is 17.1 Å². The van der Waals surface area contributed by atoms with Crippen molar-refractivity contribution in [1.29, 1.82) is 0 Å².